The summed E-state index contributed by atoms with van der Waals surface area (Å²) in [5.74, 6) is -1.80. The first-order chi connectivity index (χ1) is 10.7. The molecule has 0 radical (unpaired) electrons. The molecule has 0 bridgehead atoms. The number of sulfonamides is 1. The van der Waals surface area contributed by atoms with Crippen molar-refractivity contribution in [2.45, 2.75) is 37.6 Å². The van der Waals surface area contributed by atoms with E-state index in [1.165, 1.54) is 13.2 Å². The van der Waals surface area contributed by atoms with Crippen LogP contribution < -0.4 is 0 Å². The molecule has 126 valence electrons. The van der Waals surface area contributed by atoms with Gasteiger partial charge in [-0.25, -0.2) is 13.2 Å². The van der Waals surface area contributed by atoms with Gasteiger partial charge in [0.05, 0.1) is 17.6 Å². The topological polar surface area (TPSA) is 101 Å². The SMILES string of the molecule is COC(=O)c1cc(C)c(C)c(S(=O)(=O)N2CCC[C@H]2C(=O)O)c1. The predicted octanol–water partition coefficient (Wildman–Crippen LogP) is 1.33. The lowest BCUT2D eigenvalue weighted by Gasteiger charge is -2.23. The molecule has 1 saturated heterocycles. The molecule has 0 amide bonds. The van der Waals surface area contributed by atoms with Gasteiger partial charge in [0.25, 0.3) is 0 Å². The molecule has 1 heterocycles. The number of rotatable bonds is 4. The van der Waals surface area contributed by atoms with E-state index in [4.69, 9.17) is 0 Å². The van der Waals surface area contributed by atoms with Crippen LogP contribution in [0.1, 0.15) is 34.3 Å². The molecule has 1 aliphatic rings. The Balaban J connectivity index is 2.57. The van der Waals surface area contributed by atoms with E-state index >= 15 is 0 Å². The molecule has 1 atom stereocenters. The number of esters is 1. The summed E-state index contributed by atoms with van der Waals surface area (Å²) in [7, 11) is -2.79. The third-order valence-electron chi connectivity index (χ3n) is 4.12. The molecular formula is C15H19NO6S. The van der Waals surface area contributed by atoms with Crippen molar-refractivity contribution in [1.29, 1.82) is 0 Å². The van der Waals surface area contributed by atoms with Gasteiger partial charge in [0, 0.05) is 6.54 Å². The maximum atomic E-state index is 12.9. The van der Waals surface area contributed by atoms with E-state index in [-0.39, 0.29) is 23.4 Å². The maximum absolute atomic E-state index is 12.9. The number of ether oxygens (including phenoxy) is 1. The van der Waals surface area contributed by atoms with Gasteiger partial charge in [0.1, 0.15) is 6.04 Å². The van der Waals surface area contributed by atoms with E-state index in [0.29, 0.717) is 17.5 Å². The summed E-state index contributed by atoms with van der Waals surface area (Å²) >= 11 is 0. The van der Waals surface area contributed by atoms with Crippen molar-refractivity contribution < 1.29 is 27.9 Å². The summed E-state index contributed by atoms with van der Waals surface area (Å²) in [4.78, 5) is 23.0. The molecule has 1 aromatic carbocycles. The number of hydrogen-bond acceptors (Lipinski definition) is 5. The first-order valence-electron chi connectivity index (χ1n) is 7.14. The number of aliphatic carboxylic acids is 1. The summed E-state index contributed by atoms with van der Waals surface area (Å²) in [6.45, 7) is 3.48. The van der Waals surface area contributed by atoms with Crippen LogP contribution in [-0.4, -0.2) is 49.5 Å². The van der Waals surface area contributed by atoms with Gasteiger partial charge in [-0.3, -0.25) is 4.79 Å². The maximum Gasteiger partial charge on any atom is 0.337 e. The quantitative estimate of drug-likeness (QED) is 0.829. The molecule has 1 aliphatic heterocycles. The van der Waals surface area contributed by atoms with Gasteiger partial charge in [0.2, 0.25) is 10.0 Å². The molecule has 2 rings (SSSR count). The highest BCUT2D eigenvalue weighted by molar-refractivity contribution is 7.89. The Labute approximate surface area is 134 Å². The van der Waals surface area contributed by atoms with Crippen LogP contribution in [0.25, 0.3) is 0 Å². The Hall–Kier alpha value is -1.93. The normalized spacial score (nSPS) is 18.8. The van der Waals surface area contributed by atoms with Crippen molar-refractivity contribution in [1.82, 2.24) is 4.31 Å². The first kappa shape index (κ1) is 17.4. The molecule has 0 unspecified atom stereocenters. The number of carbonyl (C=O) groups is 2. The molecule has 1 aromatic rings. The monoisotopic (exact) mass is 341 g/mol. The van der Waals surface area contributed by atoms with Crippen LogP contribution in [0.2, 0.25) is 0 Å². The third-order valence-corrected chi connectivity index (χ3v) is 6.15. The fourth-order valence-electron chi connectivity index (χ4n) is 2.73. The number of methoxy groups -OCH3 is 1. The van der Waals surface area contributed by atoms with Crippen molar-refractivity contribution in [2.24, 2.45) is 0 Å². The Bertz CT molecular complexity index is 755. The molecule has 1 fully saturated rings. The zero-order valence-corrected chi connectivity index (χ0v) is 14.0. The lowest BCUT2D eigenvalue weighted by atomic mass is 10.1. The number of carboxylic acid groups (broad SMARTS) is 1. The van der Waals surface area contributed by atoms with Crippen LogP contribution in [-0.2, 0) is 19.6 Å². The van der Waals surface area contributed by atoms with E-state index in [0.717, 1.165) is 4.31 Å². The zero-order valence-electron chi connectivity index (χ0n) is 13.2. The van der Waals surface area contributed by atoms with Crippen molar-refractivity contribution in [2.75, 3.05) is 13.7 Å². The molecular weight excluding hydrogens is 322 g/mol. The van der Waals surface area contributed by atoms with E-state index in [2.05, 4.69) is 4.74 Å². The van der Waals surface area contributed by atoms with Crippen LogP contribution in [0.3, 0.4) is 0 Å². The van der Waals surface area contributed by atoms with Gasteiger partial charge in [-0.05, 0) is 49.9 Å². The second-order valence-electron chi connectivity index (χ2n) is 5.52. The standard InChI is InChI=1S/C15H19NO6S/c1-9-7-11(15(19)22-3)8-13(10(9)2)23(20,21)16-6-4-5-12(16)14(17)18/h7-8,12H,4-6H2,1-3H3,(H,17,18)/t12-/m0/s1. The van der Waals surface area contributed by atoms with Gasteiger partial charge < -0.3 is 9.84 Å². The molecule has 0 aromatic heterocycles. The second-order valence-corrected chi connectivity index (χ2v) is 7.38. The third kappa shape index (κ3) is 3.09. The second kappa shape index (κ2) is 6.29. The minimum Gasteiger partial charge on any atom is -0.480 e. The van der Waals surface area contributed by atoms with Crippen LogP contribution in [0.15, 0.2) is 17.0 Å². The van der Waals surface area contributed by atoms with Crippen molar-refractivity contribution in [3.8, 4) is 0 Å². The van der Waals surface area contributed by atoms with Gasteiger partial charge in [-0.2, -0.15) is 4.31 Å². The molecule has 23 heavy (non-hydrogen) atoms. The number of aryl methyl sites for hydroxylation is 1. The van der Waals surface area contributed by atoms with E-state index < -0.39 is 28.0 Å². The highest BCUT2D eigenvalue weighted by atomic mass is 32.2. The van der Waals surface area contributed by atoms with E-state index in [9.17, 15) is 23.1 Å². The van der Waals surface area contributed by atoms with Crippen LogP contribution in [0.5, 0.6) is 0 Å². The minimum atomic E-state index is -4.01. The predicted molar refractivity (Wildman–Crippen MR) is 81.8 cm³/mol. The molecule has 7 nitrogen and oxygen atoms in total. The van der Waals surface area contributed by atoms with Crippen LogP contribution in [0, 0.1) is 13.8 Å². The lowest BCUT2D eigenvalue weighted by molar-refractivity contribution is -0.140. The minimum absolute atomic E-state index is 0.0500. The summed E-state index contributed by atoms with van der Waals surface area (Å²) in [6, 6.07) is 1.74. The highest BCUT2D eigenvalue weighted by Gasteiger charge is 2.40. The Morgan fingerprint density at radius 2 is 1.96 bits per heavy atom. The van der Waals surface area contributed by atoms with Gasteiger partial charge in [0.15, 0.2) is 0 Å². The molecule has 0 aliphatic carbocycles. The summed E-state index contributed by atoms with van der Waals surface area (Å²) in [6.07, 6.45) is 0.772. The largest absolute Gasteiger partial charge is 0.480 e. The number of hydrogen-bond donors (Lipinski definition) is 1. The molecule has 1 N–H and O–H groups in total. The van der Waals surface area contributed by atoms with Crippen molar-refractivity contribution in [3.05, 3.63) is 28.8 Å². The van der Waals surface area contributed by atoms with Crippen LogP contribution >= 0.6 is 0 Å². The molecule has 0 saturated carbocycles. The zero-order chi connectivity index (χ0) is 17.4. The smallest absolute Gasteiger partial charge is 0.337 e. The van der Waals surface area contributed by atoms with Gasteiger partial charge in [-0.15, -0.1) is 0 Å². The summed E-state index contributed by atoms with van der Waals surface area (Å²) in [5, 5.41) is 9.22. The van der Waals surface area contributed by atoms with Crippen molar-refractivity contribution in [3.63, 3.8) is 0 Å². The fourth-order valence-corrected chi connectivity index (χ4v) is 4.71. The summed E-state index contributed by atoms with van der Waals surface area (Å²) in [5.41, 5.74) is 1.24. The van der Waals surface area contributed by atoms with Crippen molar-refractivity contribution >= 4 is 22.0 Å². The average Bonchev–Trinajstić information content (AvgIpc) is 2.99. The van der Waals surface area contributed by atoms with E-state index in [1.807, 2.05) is 0 Å². The molecule has 0 spiro atoms. The molecule has 8 heteroatoms. The fraction of sp³-hybridized carbons (Fsp3) is 0.467. The number of nitrogens with zero attached hydrogens (tertiary/aromatic N) is 1. The van der Waals surface area contributed by atoms with E-state index in [1.54, 1.807) is 19.9 Å². The lowest BCUT2D eigenvalue weighted by Crippen LogP contribution is -2.40. The van der Waals surface area contributed by atoms with Gasteiger partial charge >= 0.3 is 11.9 Å². The average molecular weight is 341 g/mol. The number of carboxylic acids is 1. The summed E-state index contributed by atoms with van der Waals surface area (Å²) < 4.78 is 31.4. The highest BCUT2D eigenvalue weighted by Crippen LogP contribution is 2.30. The van der Waals surface area contributed by atoms with Gasteiger partial charge in [-0.1, -0.05) is 0 Å². The number of carbonyl (C=O) groups excluding carboxylic acids is 1. The Kier molecular flexibility index (Phi) is 4.76. The van der Waals surface area contributed by atoms with Crippen LogP contribution in [0.4, 0.5) is 0 Å². The Morgan fingerprint density at radius 1 is 1.30 bits per heavy atom. The Morgan fingerprint density at radius 3 is 2.52 bits per heavy atom. The first-order valence-corrected chi connectivity index (χ1v) is 8.58. The number of benzene rings is 1.